The first-order chi connectivity index (χ1) is 17.6. The molecule has 0 atom stereocenters. The topological polar surface area (TPSA) is 159 Å². The number of amides is 1. The van der Waals surface area contributed by atoms with E-state index in [9.17, 15) is 31.5 Å². The van der Waals surface area contributed by atoms with Crippen LogP contribution in [-0.2, 0) is 29.6 Å². The molecule has 1 fully saturated rings. The van der Waals surface area contributed by atoms with Gasteiger partial charge >= 0.3 is 5.97 Å². The van der Waals surface area contributed by atoms with E-state index in [1.54, 1.807) is 11.4 Å². The van der Waals surface area contributed by atoms with Crippen LogP contribution >= 0.6 is 11.3 Å². The maximum Gasteiger partial charge on any atom is 0.342 e. The molecule has 11 nitrogen and oxygen atoms in total. The van der Waals surface area contributed by atoms with Crippen molar-refractivity contribution in [3.05, 3.63) is 65.5 Å². The molecule has 0 saturated carbocycles. The highest BCUT2D eigenvalue weighted by Crippen LogP contribution is 2.26. The minimum Gasteiger partial charge on any atom is -0.507 e. The Balaban J connectivity index is 1.31. The summed E-state index contributed by atoms with van der Waals surface area (Å²) < 4.78 is 58.5. The van der Waals surface area contributed by atoms with Gasteiger partial charge in [0.25, 0.3) is 15.9 Å². The summed E-state index contributed by atoms with van der Waals surface area (Å²) in [6.07, 6.45) is 1.64. The van der Waals surface area contributed by atoms with E-state index in [-0.39, 0.29) is 20.4 Å². The van der Waals surface area contributed by atoms with Gasteiger partial charge in [-0.25, -0.2) is 21.6 Å². The first-order valence-corrected chi connectivity index (χ1v) is 14.8. The van der Waals surface area contributed by atoms with Crippen LogP contribution in [0.15, 0.2) is 69.1 Å². The Hall–Kier alpha value is -3.46. The first-order valence-electron chi connectivity index (χ1n) is 11.0. The summed E-state index contributed by atoms with van der Waals surface area (Å²) in [6.45, 7) is 0.295. The average Bonchev–Trinajstić information content (AvgIpc) is 3.58. The molecule has 0 bridgehead atoms. The lowest BCUT2D eigenvalue weighted by Gasteiger charge is -2.15. The number of carbonyl (C=O) groups excluding carboxylic acids is 2. The van der Waals surface area contributed by atoms with E-state index < -0.39 is 44.3 Å². The summed E-state index contributed by atoms with van der Waals surface area (Å²) in [5.74, 6) is -2.21. The third kappa shape index (κ3) is 6.28. The monoisotopic (exact) mass is 565 g/mol. The molecule has 3 aromatic rings. The van der Waals surface area contributed by atoms with Crippen LogP contribution in [0.5, 0.6) is 5.75 Å². The number of thiophene rings is 1. The van der Waals surface area contributed by atoms with Gasteiger partial charge < -0.3 is 15.2 Å². The second-order valence-corrected chi connectivity index (χ2v) is 12.8. The molecule has 1 amide bonds. The molecular formula is C23H23N3O8S3. The van der Waals surface area contributed by atoms with Gasteiger partial charge in [-0.15, -0.1) is 11.3 Å². The zero-order valence-corrected chi connectivity index (χ0v) is 21.7. The summed E-state index contributed by atoms with van der Waals surface area (Å²) in [4.78, 5) is 24.6. The molecule has 196 valence electrons. The highest BCUT2D eigenvalue weighted by molar-refractivity contribution is 7.94. The fourth-order valence-corrected chi connectivity index (χ4v) is 7.14. The van der Waals surface area contributed by atoms with Gasteiger partial charge in [-0.3, -0.25) is 9.52 Å². The van der Waals surface area contributed by atoms with Crippen LogP contribution in [0.4, 0.5) is 11.4 Å². The van der Waals surface area contributed by atoms with Crippen molar-refractivity contribution in [1.29, 1.82) is 0 Å². The van der Waals surface area contributed by atoms with Gasteiger partial charge in [0.05, 0.1) is 10.6 Å². The van der Waals surface area contributed by atoms with Crippen molar-refractivity contribution in [3.63, 3.8) is 0 Å². The second-order valence-electron chi connectivity index (χ2n) is 8.03. The molecule has 14 heteroatoms. The van der Waals surface area contributed by atoms with E-state index in [1.807, 2.05) is 0 Å². The van der Waals surface area contributed by atoms with Gasteiger partial charge in [-0.2, -0.15) is 4.31 Å². The Morgan fingerprint density at radius 3 is 2.27 bits per heavy atom. The molecule has 0 unspecified atom stereocenters. The molecule has 1 aliphatic heterocycles. The minimum atomic E-state index is -3.83. The molecule has 1 aromatic heterocycles. The van der Waals surface area contributed by atoms with Crippen LogP contribution in [0, 0.1) is 0 Å². The summed E-state index contributed by atoms with van der Waals surface area (Å²) in [5.41, 5.74) is 0.0883. The number of esters is 1. The standard InChI is InChI=1S/C23H23N3O8S3/c27-20-14-17(25-36(30,31)22-4-3-13-35-22)7-10-19(20)23(29)34-15-21(28)24-16-5-8-18(9-6-16)37(32,33)26-11-1-2-12-26/h3-10,13-14,25,27H,1-2,11-12,15H2,(H,24,28). The average molecular weight is 566 g/mol. The van der Waals surface area contributed by atoms with Gasteiger partial charge in [0.15, 0.2) is 6.61 Å². The lowest BCUT2D eigenvalue weighted by Crippen LogP contribution is -2.27. The molecule has 0 aliphatic carbocycles. The Morgan fingerprint density at radius 1 is 0.973 bits per heavy atom. The van der Waals surface area contributed by atoms with Crippen molar-refractivity contribution in [2.45, 2.75) is 21.9 Å². The predicted octanol–water partition coefficient (Wildman–Crippen LogP) is 2.83. The zero-order chi connectivity index (χ0) is 26.6. The second kappa shape index (κ2) is 10.9. The number of nitrogens with one attached hydrogen (secondary N) is 2. The summed E-state index contributed by atoms with van der Waals surface area (Å²) in [7, 11) is -7.41. The van der Waals surface area contributed by atoms with E-state index >= 15 is 0 Å². The van der Waals surface area contributed by atoms with E-state index in [0.717, 1.165) is 30.2 Å². The third-order valence-corrected chi connectivity index (χ3v) is 10.1. The van der Waals surface area contributed by atoms with Gasteiger partial charge in [0.2, 0.25) is 10.0 Å². The van der Waals surface area contributed by atoms with E-state index in [4.69, 9.17) is 4.74 Å². The Kier molecular flexibility index (Phi) is 7.82. The lowest BCUT2D eigenvalue weighted by atomic mass is 10.2. The van der Waals surface area contributed by atoms with Gasteiger partial charge in [0.1, 0.15) is 15.5 Å². The van der Waals surface area contributed by atoms with Crippen LogP contribution in [0.3, 0.4) is 0 Å². The summed E-state index contributed by atoms with van der Waals surface area (Å²) in [5, 5.41) is 14.3. The minimum absolute atomic E-state index is 0.0374. The number of hydrogen-bond acceptors (Lipinski definition) is 9. The van der Waals surface area contributed by atoms with Crippen LogP contribution in [0.25, 0.3) is 0 Å². The Bertz CT molecular complexity index is 1500. The first kappa shape index (κ1) is 26.6. The number of phenolic OH excluding ortho intramolecular Hbond substituents is 1. The van der Waals surface area contributed by atoms with Crippen LogP contribution in [0.1, 0.15) is 23.2 Å². The molecule has 0 spiro atoms. The van der Waals surface area contributed by atoms with Crippen molar-refractivity contribution in [3.8, 4) is 5.75 Å². The molecular weight excluding hydrogens is 542 g/mol. The number of carbonyl (C=O) groups is 2. The molecule has 0 radical (unpaired) electrons. The number of aromatic hydroxyl groups is 1. The molecule has 4 rings (SSSR count). The molecule has 2 aromatic carbocycles. The highest BCUT2D eigenvalue weighted by atomic mass is 32.2. The van der Waals surface area contributed by atoms with Gasteiger partial charge in [-0.05, 0) is 60.7 Å². The Labute approximate surface area is 217 Å². The quantitative estimate of drug-likeness (QED) is 0.334. The number of hydrogen-bond donors (Lipinski definition) is 3. The third-order valence-electron chi connectivity index (χ3n) is 5.41. The highest BCUT2D eigenvalue weighted by Gasteiger charge is 2.27. The predicted molar refractivity (Wildman–Crippen MR) is 137 cm³/mol. The molecule has 3 N–H and O–H groups in total. The zero-order valence-electron chi connectivity index (χ0n) is 19.3. The van der Waals surface area contributed by atoms with Crippen molar-refractivity contribution in [1.82, 2.24) is 4.31 Å². The number of anilines is 2. The van der Waals surface area contributed by atoms with Gasteiger partial charge in [0, 0.05) is 24.8 Å². The van der Waals surface area contributed by atoms with Crippen molar-refractivity contribution < 1.29 is 36.3 Å². The smallest absolute Gasteiger partial charge is 0.342 e. The van der Waals surface area contributed by atoms with E-state index in [2.05, 4.69) is 10.0 Å². The molecule has 1 saturated heterocycles. The fraction of sp³-hybridized carbons (Fsp3) is 0.217. The SMILES string of the molecule is O=C(COC(=O)c1ccc(NS(=O)(=O)c2cccs2)cc1O)Nc1ccc(S(=O)(=O)N2CCCC2)cc1. The Morgan fingerprint density at radius 2 is 1.65 bits per heavy atom. The number of nitrogens with zero attached hydrogens (tertiary/aromatic N) is 1. The number of sulfonamides is 2. The fourth-order valence-electron chi connectivity index (χ4n) is 3.58. The number of ether oxygens (including phenoxy) is 1. The number of rotatable bonds is 9. The van der Waals surface area contributed by atoms with Crippen molar-refractivity contribution >= 4 is 54.6 Å². The van der Waals surface area contributed by atoms with Crippen molar-refractivity contribution in [2.75, 3.05) is 29.7 Å². The van der Waals surface area contributed by atoms with Crippen molar-refractivity contribution in [2.24, 2.45) is 0 Å². The molecule has 1 aliphatic rings. The molecule has 2 heterocycles. The normalized spacial score (nSPS) is 14.3. The molecule has 37 heavy (non-hydrogen) atoms. The van der Waals surface area contributed by atoms with E-state index in [1.165, 1.54) is 46.8 Å². The number of benzene rings is 2. The largest absolute Gasteiger partial charge is 0.507 e. The lowest BCUT2D eigenvalue weighted by molar-refractivity contribution is -0.119. The maximum atomic E-state index is 12.6. The van der Waals surface area contributed by atoms with Crippen LogP contribution < -0.4 is 10.0 Å². The van der Waals surface area contributed by atoms with E-state index in [0.29, 0.717) is 18.8 Å². The van der Waals surface area contributed by atoms with Crippen LogP contribution in [0.2, 0.25) is 0 Å². The van der Waals surface area contributed by atoms with Gasteiger partial charge in [-0.1, -0.05) is 6.07 Å². The summed E-state index contributed by atoms with van der Waals surface area (Å²) >= 11 is 1.02. The number of phenols is 1. The summed E-state index contributed by atoms with van der Waals surface area (Å²) in [6, 6.07) is 12.2. The maximum absolute atomic E-state index is 12.6. The van der Waals surface area contributed by atoms with Crippen LogP contribution in [-0.4, -0.2) is 57.8 Å².